The monoisotopic (exact) mass is 380 g/mol. The number of benzene rings is 2. The number of anilines is 1. The minimum atomic E-state index is -0.794. The summed E-state index contributed by atoms with van der Waals surface area (Å²) in [5, 5.41) is 14.2. The number of aliphatic hydroxyl groups is 1. The van der Waals surface area contributed by atoms with E-state index in [1.54, 1.807) is 6.07 Å². The molecule has 2 aromatic carbocycles. The molecule has 3 aliphatic rings. The van der Waals surface area contributed by atoms with Gasteiger partial charge >= 0.3 is 0 Å². The molecule has 6 heteroatoms. The van der Waals surface area contributed by atoms with Crippen LogP contribution in [0.2, 0.25) is 0 Å². The molecule has 6 nitrogen and oxygen atoms in total. The largest absolute Gasteiger partial charge is 0.454 e. The molecule has 0 saturated carbocycles. The summed E-state index contributed by atoms with van der Waals surface area (Å²) in [6.45, 7) is 0.558. The Bertz CT molecular complexity index is 871. The number of carbonyl (C=O) groups excluding carboxylic acids is 1. The first kappa shape index (κ1) is 17.5. The number of nitrogens with one attached hydrogen (secondary N) is 1. The van der Waals surface area contributed by atoms with Crippen molar-refractivity contribution < 1.29 is 19.4 Å². The van der Waals surface area contributed by atoms with Crippen molar-refractivity contribution in [3.05, 3.63) is 54.1 Å². The van der Waals surface area contributed by atoms with E-state index in [4.69, 9.17) is 9.47 Å². The normalized spacial score (nSPS) is 28.3. The highest BCUT2D eigenvalue weighted by molar-refractivity contribution is 5.92. The Morgan fingerprint density at radius 2 is 1.79 bits per heavy atom. The van der Waals surface area contributed by atoms with Gasteiger partial charge in [-0.05, 0) is 43.4 Å². The van der Waals surface area contributed by atoms with E-state index in [-0.39, 0.29) is 24.8 Å². The van der Waals surface area contributed by atoms with Crippen LogP contribution in [0.4, 0.5) is 5.69 Å². The van der Waals surface area contributed by atoms with E-state index in [2.05, 4.69) is 10.2 Å². The molecule has 2 fully saturated rings. The van der Waals surface area contributed by atoms with Crippen LogP contribution >= 0.6 is 0 Å². The van der Waals surface area contributed by atoms with Gasteiger partial charge < -0.3 is 19.9 Å². The van der Waals surface area contributed by atoms with E-state index >= 15 is 0 Å². The molecule has 0 aromatic heterocycles. The molecule has 2 bridgehead atoms. The first-order valence-corrected chi connectivity index (χ1v) is 9.84. The topological polar surface area (TPSA) is 71.0 Å². The highest BCUT2D eigenvalue weighted by Gasteiger charge is 2.48. The van der Waals surface area contributed by atoms with Crippen LogP contribution in [0.15, 0.2) is 48.5 Å². The summed E-state index contributed by atoms with van der Waals surface area (Å²) in [5.74, 6) is 1.32. The van der Waals surface area contributed by atoms with Crippen molar-refractivity contribution in [1.82, 2.24) is 4.90 Å². The van der Waals surface area contributed by atoms with Gasteiger partial charge in [0.05, 0.1) is 12.1 Å². The van der Waals surface area contributed by atoms with E-state index in [1.165, 1.54) is 0 Å². The molecular formula is C22H24N2O4. The van der Waals surface area contributed by atoms with Crippen LogP contribution in [0.5, 0.6) is 11.5 Å². The number of nitrogens with zero attached hydrogens (tertiary/aromatic N) is 1. The zero-order valence-electron chi connectivity index (χ0n) is 15.6. The van der Waals surface area contributed by atoms with Crippen molar-refractivity contribution in [3.63, 3.8) is 0 Å². The van der Waals surface area contributed by atoms with E-state index in [1.807, 2.05) is 42.5 Å². The number of hydrogen-bond acceptors (Lipinski definition) is 5. The lowest BCUT2D eigenvalue weighted by Gasteiger charge is -2.43. The maximum Gasteiger partial charge on any atom is 0.238 e. The van der Waals surface area contributed by atoms with Gasteiger partial charge in [0, 0.05) is 23.8 Å². The smallest absolute Gasteiger partial charge is 0.238 e. The third kappa shape index (κ3) is 3.12. The summed E-state index contributed by atoms with van der Waals surface area (Å²) in [4.78, 5) is 14.9. The van der Waals surface area contributed by atoms with E-state index in [0.717, 1.165) is 18.4 Å². The number of ether oxygens (including phenoxy) is 2. The molecule has 2 saturated heterocycles. The molecule has 1 amide bonds. The first-order chi connectivity index (χ1) is 13.6. The molecule has 3 aliphatic heterocycles. The minimum Gasteiger partial charge on any atom is -0.454 e. The standard InChI is InChI=1S/C22H24N2O4/c25-21(23-16-6-9-19-20(10-16)28-14-27-19)13-24-17-7-8-18(24)12-22(26,11-17)15-4-2-1-3-5-15/h1-6,9-10,17-18,26H,7-8,11-14H2,(H,23,25)/t17-,18-/m0/s1. The van der Waals surface area contributed by atoms with E-state index in [0.29, 0.717) is 36.6 Å². The molecule has 3 heterocycles. The van der Waals surface area contributed by atoms with Crippen molar-refractivity contribution >= 4 is 11.6 Å². The Morgan fingerprint density at radius 3 is 2.54 bits per heavy atom. The SMILES string of the molecule is O=C(CN1[C@H]2CC[C@H]1CC(O)(c1ccccc1)C2)Nc1ccc2c(c1)OCO2. The summed E-state index contributed by atoms with van der Waals surface area (Å²) >= 11 is 0. The second-order valence-corrected chi connectivity index (χ2v) is 7.98. The molecule has 2 N–H and O–H groups in total. The Labute approximate surface area is 164 Å². The molecule has 0 radical (unpaired) electrons. The predicted molar refractivity (Wildman–Crippen MR) is 104 cm³/mol. The lowest BCUT2D eigenvalue weighted by molar-refractivity contribution is -0.121. The zero-order chi connectivity index (χ0) is 19.1. The highest BCUT2D eigenvalue weighted by Crippen LogP contribution is 2.45. The van der Waals surface area contributed by atoms with Gasteiger partial charge in [0.25, 0.3) is 0 Å². The van der Waals surface area contributed by atoms with Crippen LogP contribution in [-0.2, 0) is 10.4 Å². The maximum atomic E-state index is 12.6. The van der Waals surface area contributed by atoms with Gasteiger partial charge in [0.2, 0.25) is 12.7 Å². The molecule has 2 atom stereocenters. The van der Waals surface area contributed by atoms with Crippen LogP contribution in [0.25, 0.3) is 0 Å². The van der Waals surface area contributed by atoms with Crippen molar-refractivity contribution in [2.75, 3.05) is 18.7 Å². The summed E-state index contributed by atoms with van der Waals surface area (Å²) in [5.41, 5.74) is 0.896. The van der Waals surface area contributed by atoms with Crippen LogP contribution in [-0.4, -0.2) is 41.3 Å². The molecular weight excluding hydrogens is 356 g/mol. The Morgan fingerprint density at radius 1 is 1.07 bits per heavy atom. The first-order valence-electron chi connectivity index (χ1n) is 9.84. The zero-order valence-corrected chi connectivity index (χ0v) is 15.6. The van der Waals surface area contributed by atoms with E-state index < -0.39 is 5.60 Å². The Hall–Kier alpha value is -2.57. The minimum absolute atomic E-state index is 0.0408. The van der Waals surface area contributed by atoms with Crippen molar-refractivity contribution in [2.45, 2.75) is 43.4 Å². The lowest BCUT2D eigenvalue weighted by Crippen LogP contribution is -2.51. The van der Waals surface area contributed by atoms with Gasteiger partial charge in [-0.25, -0.2) is 0 Å². The number of fused-ring (bicyclic) bond motifs is 3. The van der Waals surface area contributed by atoms with Crippen molar-refractivity contribution in [3.8, 4) is 11.5 Å². The average molecular weight is 380 g/mol. The lowest BCUT2D eigenvalue weighted by atomic mass is 9.80. The van der Waals surface area contributed by atoms with Gasteiger partial charge in [-0.15, -0.1) is 0 Å². The maximum absolute atomic E-state index is 12.6. The van der Waals surface area contributed by atoms with Crippen LogP contribution < -0.4 is 14.8 Å². The van der Waals surface area contributed by atoms with E-state index in [9.17, 15) is 9.90 Å². The molecule has 0 unspecified atom stereocenters. The van der Waals surface area contributed by atoms with Gasteiger partial charge in [-0.1, -0.05) is 30.3 Å². The molecule has 28 heavy (non-hydrogen) atoms. The number of rotatable bonds is 4. The fraction of sp³-hybridized carbons (Fsp3) is 0.409. The highest BCUT2D eigenvalue weighted by atomic mass is 16.7. The third-order valence-electron chi connectivity index (χ3n) is 6.21. The number of amides is 1. The third-order valence-corrected chi connectivity index (χ3v) is 6.21. The van der Waals surface area contributed by atoms with Crippen molar-refractivity contribution in [1.29, 1.82) is 0 Å². The van der Waals surface area contributed by atoms with Crippen LogP contribution in [0.1, 0.15) is 31.2 Å². The second-order valence-electron chi connectivity index (χ2n) is 7.98. The van der Waals surface area contributed by atoms with Crippen LogP contribution in [0.3, 0.4) is 0 Å². The molecule has 0 spiro atoms. The van der Waals surface area contributed by atoms with Gasteiger partial charge in [-0.2, -0.15) is 0 Å². The molecule has 0 aliphatic carbocycles. The fourth-order valence-corrected chi connectivity index (χ4v) is 4.90. The number of hydrogen-bond donors (Lipinski definition) is 2. The predicted octanol–water partition coefficient (Wildman–Crippen LogP) is 2.87. The Kier molecular flexibility index (Phi) is 4.25. The van der Waals surface area contributed by atoms with Gasteiger partial charge in [0.15, 0.2) is 11.5 Å². The summed E-state index contributed by atoms with van der Waals surface area (Å²) in [7, 11) is 0. The number of piperidine rings is 1. The van der Waals surface area contributed by atoms with Gasteiger partial charge in [-0.3, -0.25) is 9.69 Å². The summed E-state index contributed by atoms with van der Waals surface area (Å²) in [6, 6.07) is 15.8. The van der Waals surface area contributed by atoms with Crippen molar-refractivity contribution in [2.24, 2.45) is 0 Å². The van der Waals surface area contributed by atoms with Gasteiger partial charge in [0.1, 0.15) is 0 Å². The molecule has 2 aromatic rings. The van der Waals surface area contributed by atoms with Crippen LogP contribution in [0, 0.1) is 0 Å². The second kappa shape index (κ2) is 6.79. The fourth-order valence-electron chi connectivity index (χ4n) is 4.90. The summed E-state index contributed by atoms with van der Waals surface area (Å²) < 4.78 is 10.7. The summed E-state index contributed by atoms with van der Waals surface area (Å²) in [6.07, 6.45) is 3.39. The molecule has 146 valence electrons. The average Bonchev–Trinajstić information content (AvgIpc) is 3.25. The number of carbonyl (C=O) groups is 1. The Balaban J connectivity index is 1.25. The quantitative estimate of drug-likeness (QED) is 0.854. The molecule has 5 rings (SSSR count).